The molecule has 0 bridgehead atoms. The number of aryl methyl sites for hydroxylation is 1. The monoisotopic (exact) mass is 423 g/mol. The third-order valence-electron chi connectivity index (χ3n) is 5.65. The van der Waals surface area contributed by atoms with E-state index in [9.17, 15) is 18.0 Å². The van der Waals surface area contributed by atoms with Gasteiger partial charge in [0.15, 0.2) is 6.10 Å². The molecule has 0 aliphatic carbocycles. The highest BCUT2D eigenvalue weighted by molar-refractivity contribution is 7.89. The van der Waals surface area contributed by atoms with Gasteiger partial charge < -0.3 is 15.4 Å². The lowest BCUT2D eigenvalue weighted by atomic mass is 9.97. The number of carbonyl (C=O) groups is 2. The van der Waals surface area contributed by atoms with Gasteiger partial charge in [-0.1, -0.05) is 6.92 Å². The van der Waals surface area contributed by atoms with E-state index in [1.165, 1.54) is 10.4 Å². The largest absolute Gasteiger partial charge is 0.479 e. The third-order valence-corrected chi connectivity index (χ3v) is 7.69. The Morgan fingerprint density at radius 1 is 1.34 bits per heavy atom. The summed E-state index contributed by atoms with van der Waals surface area (Å²) in [4.78, 5) is 24.3. The van der Waals surface area contributed by atoms with Crippen molar-refractivity contribution in [3.8, 4) is 5.75 Å². The van der Waals surface area contributed by atoms with E-state index in [-0.39, 0.29) is 28.7 Å². The molecule has 29 heavy (non-hydrogen) atoms. The van der Waals surface area contributed by atoms with E-state index in [1.54, 1.807) is 19.9 Å². The molecule has 1 aromatic carbocycles. The van der Waals surface area contributed by atoms with Gasteiger partial charge in [0.05, 0.1) is 10.6 Å². The summed E-state index contributed by atoms with van der Waals surface area (Å²) in [5, 5.41) is 5.71. The highest BCUT2D eigenvalue weighted by Gasteiger charge is 2.34. The molecule has 0 saturated carbocycles. The van der Waals surface area contributed by atoms with Crippen LogP contribution in [-0.2, 0) is 19.6 Å². The first-order valence-electron chi connectivity index (χ1n) is 10.1. The highest BCUT2D eigenvalue weighted by Crippen LogP contribution is 2.36. The van der Waals surface area contributed by atoms with Crippen LogP contribution in [0.4, 0.5) is 5.69 Å². The third kappa shape index (κ3) is 4.40. The molecular weight excluding hydrogens is 394 g/mol. The molecule has 8 nitrogen and oxygen atoms in total. The van der Waals surface area contributed by atoms with Gasteiger partial charge in [-0.05, 0) is 51.7 Å². The van der Waals surface area contributed by atoms with Crippen molar-refractivity contribution in [1.82, 2.24) is 9.62 Å². The van der Waals surface area contributed by atoms with Gasteiger partial charge in [0.2, 0.25) is 15.9 Å². The number of hydrogen-bond donors (Lipinski definition) is 2. The Balaban J connectivity index is 1.75. The number of amides is 2. The molecule has 1 aromatic rings. The molecule has 3 rings (SSSR count). The number of piperidine rings is 1. The van der Waals surface area contributed by atoms with Crippen LogP contribution in [0.2, 0.25) is 0 Å². The summed E-state index contributed by atoms with van der Waals surface area (Å²) in [6.07, 6.45) is 1.17. The molecule has 9 heteroatoms. The van der Waals surface area contributed by atoms with Crippen LogP contribution in [0.3, 0.4) is 0 Å². The standard InChI is InChI=1S/C20H29N3O5S/c1-5-13(3)21-20(25)15-6-8-23(9-7-15)29(26,27)18-11-17-16(10-12(18)2)22-19(24)14(4)28-17/h10-11,13-15H,5-9H2,1-4H3,(H,21,25)(H,22,24). The van der Waals surface area contributed by atoms with E-state index in [0.29, 0.717) is 42.9 Å². The Morgan fingerprint density at radius 2 is 2.00 bits per heavy atom. The fourth-order valence-electron chi connectivity index (χ4n) is 3.58. The number of nitrogens with one attached hydrogen (secondary N) is 2. The number of carbonyl (C=O) groups excluding carboxylic acids is 2. The number of fused-ring (bicyclic) bond motifs is 1. The summed E-state index contributed by atoms with van der Waals surface area (Å²) in [6, 6.07) is 3.22. The van der Waals surface area contributed by atoms with E-state index in [2.05, 4.69) is 10.6 Å². The fourth-order valence-corrected chi connectivity index (χ4v) is 5.27. The molecule has 1 fully saturated rings. The van der Waals surface area contributed by atoms with E-state index in [0.717, 1.165) is 6.42 Å². The van der Waals surface area contributed by atoms with Crippen molar-refractivity contribution in [2.75, 3.05) is 18.4 Å². The number of nitrogens with zero attached hydrogens (tertiary/aromatic N) is 1. The maximum absolute atomic E-state index is 13.2. The fraction of sp³-hybridized carbons (Fsp3) is 0.600. The van der Waals surface area contributed by atoms with Crippen LogP contribution in [-0.4, -0.2) is 49.8 Å². The number of sulfonamides is 1. The molecule has 2 amide bonds. The molecule has 0 radical (unpaired) electrons. The summed E-state index contributed by atoms with van der Waals surface area (Å²) in [5.74, 6) is -0.0756. The number of ether oxygens (including phenoxy) is 1. The predicted molar refractivity (Wildman–Crippen MR) is 109 cm³/mol. The zero-order chi connectivity index (χ0) is 21.3. The van der Waals surface area contributed by atoms with E-state index < -0.39 is 16.1 Å². The first kappa shape index (κ1) is 21.6. The van der Waals surface area contributed by atoms with Crippen molar-refractivity contribution in [1.29, 1.82) is 0 Å². The minimum Gasteiger partial charge on any atom is -0.479 e. The van der Waals surface area contributed by atoms with Crippen LogP contribution in [0.25, 0.3) is 0 Å². The van der Waals surface area contributed by atoms with Crippen LogP contribution < -0.4 is 15.4 Å². The first-order valence-corrected chi connectivity index (χ1v) is 11.5. The van der Waals surface area contributed by atoms with Gasteiger partial charge in [-0.2, -0.15) is 4.31 Å². The number of hydrogen-bond acceptors (Lipinski definition) is 5. The average molecular weight is 424 g/mol. The van der Waals surface area contributed by atoms with Gasteiger partial charge in [0.25, 0.3) is 5.91 Å². The maximum atomic E-state index is 13.2. The zero-order valence-electron chi connectivity index (χ0n) is 17.3. The van der Waals surface area contributed by atoms with Crippen LogP contribution in [0.5, 0.6) is 5.75 Å². The number of benzene rings is 1. The number of rotatable bonds is 5. The summed E-state index contributed by atoms with van der Waals surface area (Å²) >= 11 is 0. The van der Waals surface area contributed by atoms with E-state index in [4.69, 9.17) is 4.74 Å². The molecule has 2 N–H and O–H groups in total. The van der Waals surface area contributed by atoms with E-state index >= 15 is 0 Å². The minimum atomic E-state index is -3.73. The van der Waals surface area contributed by atoms with Crippen LogP contribution in [0.15, 0.2) is 17.0 Å². The van der Waals surface area contributed by atoms with Crippen LogP contribution >= 0.6 is 0 Å². The molecule has 2 unspecified atom stereocenters. The molecule has 0 spiro atoms. The van der Waals surface area contributed by atoms with Crippen molar-refractivity contribution >= 4 is 27.5 Å². The quantitative estimate of drug-likeness (QED) is 0.754. The van der Waals surface area contributed by atoms with Gasteiger partial charge in [-0.25, -0.2) is 8.42 Å². The van der Waals surface area contributed by atoms with Gasteiger partial charge in [-0.3, -0.25) is 9.59 Å². The summed E-state index contributed by atoms with van der Waals surface area (Å²) in [7, 11) is -3.73. The van der Waals surface area contributed by atoms with Crippen molar-refractivity contribution < 1.29 is 22.7 Å². The van der Waals surface area contributed by atoms with Gasteiger partial charge in [0, 0.05) is 31.1 Å². The Bertz CT molecular complexity index is 907. The molecule has 2 heterocycles. The van der Waals surface area contributed by atoms with Crippen molar-refractivity contribution in [3.63, 3.8) is 0 Å². The SMILES string of the molecule is CCC(C)NC(=O)C1CCN(S(=O)(=O)c2cc3c(cc2C)NC(=O)C(C)O3)CC1. The Hall–Kier alpha value is -2.13. The second kappa shape index (κ2) is 8.31. The molecule has 160 valence electrons. The van der Waals surface area contributed by atoms with Gasteiger partial charge in [0.1, 0.15) is 5.75 Å². The molecule has 0 aromatic heterocycles. The average Bonchev–Trinajstić information content (AvgIpc) is 2.68. The topological polar surface area (TPSA) is 105 Å². The molecular formula is C20H29N3O5S. The second-order valence-electron chi connectivity index (χ2n) is 7.86. The highest BCUT2D eigenvalue weighted by atomic mass is 32.2. The molecule has 2 aliphatic rings. The lowest BCUT2D eigenvalue weighted by Gasteiger charge is -2.32. The second-order valence-corrected chi connectivity index (χ2v) is 9.77. The van der Waals surface area contributed by atoms with E-state index in [1.807, 2.05) is 13.8 Å². The summed E-state index contributed by atoms with van der Waals surface area (Å²) in [5.41, 5.74) is 1.02. The minimum absolute atomic E-state index is 0.000474. The Labute approximate surface area is 172 Å². The zero-order valence-corrected chi connectivity index (χ0v) is 18.1. The number of anilines is 1. The normalized spacial score (nSPS) is 21.7. The molecule has 2 aliphatic heterocycles. The Kier molecular flexibility index (Phi) is 6.19. The van der Waals surface area contributed by atoms with Crippen LogP contribution in [0.1, 0.15) is 45.6 Å². The predicted octanol–water partition coefficient (Wildman–Crippen LogP) is 2.03. The Morgan fingerprint density at radius 3 is 2.62 bits per heavy atom. The van der Waals surface area contributed by atoms with Gasteiger partial charge >= 0.3 is 0 Å². The molecule has 2 atom stereocenters. The van der Waals surface area contributed by atoms with Crippen LogP contribution in [0, 0.1) is 12.8 Å². The first-order chi connectivity index (χ1) is 13.6. The lowest BCUT2D eigenvalue weighted by Crippen LogP contribution is -2.44. The lowest BCUT2D eigenvalue weighted by molar-refractivity contribution is -0.126. The van der Waals surface area contributed by atoms with Crippen molar-refractivity contribution in [2.45, 2.75) is 64.0 Å². The summed E-state index contributed by atoms with van der Waals surface area (Å²) in [6.45, 7) is 7.88. The van der Waals surface area contributed by atoms with Gasteiger partial charge in [-0.15, -0.1) is 0 Å². The smallest absolute Gasteiger partial charge is 0.265 e. The maximum Gasteiger partial charge on any atom is 0.265 e. The molecule has 1 saturated heterocycles. The van der Waals surface area contributed by atoms with Crippen molar-refractivity contribution in [3.05, 3.63) is 17.7 Å². The summed E-state index contributed by atoms with van der Waals surface area (Å²) < 4.78 is 33.4. The van der Waals surface area contributed by atoms with Crippen molar-refractivity contribution in [2.24, 2.45) is 5.92 Å².